The first-order chi connectivity index (χ1) is 8.54. The molecule has 1 aromatic carbocycles. The van der Waals surface area contributed by atoms with E-state index in [1.165, 1.54) is 6.07 Å². The predicted octanol–water partition coefficient (Wildman–Crippen LogP) is 3.71. The molecule has 1 aromatic rings. The zero-order chi connectivity index (χ0) is 13.7. The molecule has 0 aromatic heterocycles. The zero-order valence-electron chi connectivity index (χ0n) is 11.3. The summed E-state index contributed by atoms with van der Waals surface area (Å²) in [6.45, 7) is 7.67. The van der Waals surface area contributed by atoms with E-state index in [1.807, 2.05) is 6.07 Å². The lowest BCUT2D eigenvalue weighted by Gasteiger charge is -2.35. The van der Waals surface area contributed by atoms with Gasteiger partial charge in [-0.05, 0) is 38.1 Å². The van der Waals surface area contributed by atoms with E-state index in [2.05, 4.69) is 41.6 Å². The first-order valence-electron chi connectivity index (χ1n) is 6.45. The lowest BCUT2D eigenvalue weighted by molar-refractivity contribution is 0.149. The number of likely N-dealkylation sites (N-methyl/N-ethyl adjacent to an activating group) is 1. The monoisotopic (exact) mass is 316 g/mol. The fraction of sp³-hybridized carbons (Fsp3) is 0.571. The van der Waals surface area contributed by atoms with Gasteiger partial charge < -0.3 is 5.73 Å². The highest BCUT2D eigenvalue weighted by molar-refractivity contribution is 9.10. The van der Waals surface area contributed by atoms with Gasteiger partial charge in [0.05, 0.1) is 6.04 Å². The summed E-state index contributed by atoms with van der Waals surface area (Å²) in [5.41, 5.74) is 6.54. The summed E-state index contributed by atoms with van der Waals surface area (Å²) in [7, 11) is 0. The lowest BCUT2D eigenvalue weighted by Crippen LogP contribution is -2.40. The summed E-state index contributed by atoms with van der Waals surface area (Å²) in [6.07, 6.45) is 1.03. The van der Waals surface area contributed by atoms with Crippen molar-refractivity contribution in [2.75, 3.05) is 13.1 Å². The molecule has 1 rings (SSSR count). The normalized spacial score (nSPS) is 14.8. The van der Waals surface area contributed by atoms with E-state index in [1.54, 1.807) is 6.07 Å². The van der Waals surface area contributed by atoms with Crippen LogP contribution in [0.3, 0.4) is 0 Å². The van der Waals surface area contributed by atoms with Gasteiger partial charge >= 0.3 is 0 Å². The van der Waals surface area contributed by atoms with Crippen molar-refractivity contribution >= 4 is 15.9 Å². The van der Waals surface area contributed by atoms with Crippen LogP contribution in [0.5, 0.6) is 0 Å². The van der Waals surface area contributed by atoms with Crippen LogP contribution in [0.1, 0.15) is 38.8 Å². The second-order valence-electron chi connectivity index (χ2n) is 4.51. The van der Waals surface area contributed by atoms with E-state index < -0.39 is 0 Å². The molecule has 0 radical (unpaired) electrons. The number of benzene rings is 1. The average molecular weight is 317 g/mol. The minimum absolute atomic E-state index is 0.0672. The fourth-order valence-electron chi connectivity index (χ4n) is 2.28. The molecule has 2 nitrogen and oxygen atoms in total. The number of halogens is 2. The Morgan fingerprint density at radius 1 is 1.39 bits per heavy atom. The zero-order valence-corrected chi connectivity index (χ0v) is 12.9. The lowest BCUT2D eigenvalue weighted by atomic mass is 10.0. The van der Waals surface area contributed by atoms with Gasteiger partial charge in [0.15, 0.2) is 0 Å². The topological polar surface area (TPSA) is 29.3 Å². The molecule has 102 valence electrons. The molecule has 2 unspecified atom stereocenters. The van der Waals surface area contributed by atoms with E-state index in [0.29, 0.717) is 18.2 Å². The number of nitrogens with two attached hydrogens (primary N) is 1. The van der Waals surface area contributed by atoms with Crippen LogP contribution >= 0.6 is 15.9 Å². The van der Waals surface area contributed by atoms with Gasteiger partial charge in [-0.3, -0.25) is 4.90 Å². The van der Waals surface area contributed by atoms with Gasteiger partial charge in [0.25, 0.3) is 0 Å². The van der Waals surface area contributed by atoms with Gasteiger partial charge in [-0.2, -0.15) is 0 Å². The Balaban J connectivity index is 3.10. The Hall–Kier alpha value is -0.450. The molecule has 0 bridgehead atoms. The van der Waals surface area contributed by atoms with Gasteiger partial charge in [0.1, 0.15) is 5.82 Å². The van der Waals surface area contributed by atoms with Crippen molar-refractivity contribution in [2.24, 2.45) is 5.73 Å². The third-order valence-electron chi connectivity index (χ3n) is 3.46. The maximum absolute atomic E-state index is 14.0. The van der Waals surface area contributed by atoms with Gasteiger partial charge in [-0.1, -0.05) is 29.8 Å². The van der Waals surface area contributed by atoms with Crippen LogP contribution in [0.15, 0.2) is 22.7 Å². The van der Waals surface area contributed by atoms with Gasteiger partial charge in [-0.25, -0.2) is 4.39 Å². The highest BCUT2D eigenvalue weighted by Crippen LogP contribution is 2.27. The Kier molecular flexibility index (Phi) is 6.26. The molecule has 0 fully saturated rings. The van der Waals surface area contributed by atoms with Crippen molar-refractivity contribution in [2.45, 2.75) is 39.3 Å². The van der Waals surface area contributed by atoms with E-state index in [4.69, 9.17) is 5.73 Å². The van der Waals surface area contributed by atoms with Crippen molar-refractivity contribution in [1.29, 1.82) is 0 Å². The summed E-state index contributed by atoms with van der Waals surface area (Å²) < 4.78 is 14.9. The number of nitrogens with zero attached hydrogens (tertiary/aromatic N) is 1. The summed E-state index contributed by atoms with van der Waals surface area (Å²) in [5, 5.41) is 0. The van der Waals surface area contributed by atoms with Crippen molar-refractivity contribution in [3.63, 3.8) is 0 Å². The van der Waals surface area contributed by atoms with Gasteiger partial charge in [0, 0.05) is 22.6 Å². The van der Waals surface area contributed by atoms with Crippen LogP contribution in [0, 0.1) is 5.82 Å². The molecule has 0 saturated carbocycles. The van der Waals surface area contributed by atoms with Crippen molar-refractivity contribution in [1.82, 2.24) is 4.90 Å². The van der Waals surface area contributed by atoms with Crippen LogP contribution in [0.4, 0.5) is 4.39 Å². The smallest absolute Gasteiger partial charge is 0.128 e. The molecule has 0 saturated heterocycles. The molecular formula is C14H22BrFN2. The van der Waals surface area contributed by atoms with Crippen LogP contribution in [-0.4, -0.2) is 24.0 Å². The third-order valence-corrected chi connectivity index (χ3v) is 3.96. The van der Waals surface area contributed by atoms with Crippen LogP contribution in [-0.2, 0) is 0 Å². The highest BCUT2D eigenvalue weighted by atomic mass is 79.9. The molecule has 0 amide bonds. The van der Waals surface area contributed by atoms with E-state index in [0.717, 1.165) is 17.4 Å². The van der Waals surface area contributed by atoms with Gasteiger partial charge in [-0.15, -0.1) is 0 Å². The molecule has 0 aliphatic rings. The van der Waals surface area contributed by atoms with Crippen molar-refractivity contribution < 1.29 is 4.39 Å². The molecule has 2 N–H and O–H groups in total. The summed E-state index contributed by atoms with van der Waals surface area (Å²) in [5.74, 6) is -0.185. The fourth-order valence-corrected chi connectivity index (χ4v) is 2.66. The molecular weight excluding hydrogens is 295 g/mol. The summed E-state index contributed by atoms with van der Waals surface area (Å²) in [6, 6.07) is 5.36. The number of hydrogen-bond donors (Lipinski definition) is 1. The summed E-state index contributed by atoms with van der Waals surface area (Å²) >= 11 is 3.39. The van der Waals surface area contributed by atoms with E-state index >= 15 is 0 Å². The van der Waals surface area contributed by atoms with Crippen molar-refractivity contribution in [3.8, 4) is 0 Å². The molecule has 0 aliphatic heterocycles. The SMILES string of the molecule is CCC(C)N(CC)C(CN)c1cc(Br)ccc1F. The number of hydrogen-bond acceptors (Lipinski definition) is 2. The minimum atomic E-state index is -0.185. The predicted molar refractivity (Wildman–Crippen MR) is 78.0 cm³/mol. The highest BCUT2D eigenvalue weighted by Gasteiger charge is 2.24. The first kappa shape index (κ1) is 15.6. The van der Waals surface area contributed by atoms with Crippen LogP contribution < -0.4 is 5.73 Å². The first-order valence-corrected chi connectivity index (χ1v) is 7.25. The molecule has 0 spiro atoms. The van der Waals surface area contributed by atoms with E-state index in [9.17, 15) is 4.39 Å². The summed E-state index contributed by atoms with van der Waals surface area (Å²) in [4.78, 5) is 2.25. The second kappa shape index (κ2) is 7.22. The maximum atomic E-state index is 14.0. The largest absolute Gasteiger partial charge is 0.329 e. The minimum Gasteiger partial charge on any atom is -0.329 e. The Bertz CT molecular complexity index is 384. The van der Waals surface area contributed by atoms with Crippen LogP contribution in [0.25, 0.3) is 0 Å². The molecule has 2 atom stereocenters. The van der Waals surface area contributed by atoms with Crippen molar-refractivity contribution in [3.05, 3.63) is 34.1 Å². The molecule has 0 aliphatic carbocycles. The standard InChI is InChI=1S/C14H22BrFN2/c1-4-10(3)18(5-2)14(9-17)12-8-11(15)6-7-13(12)16/h6-8,10,14H,4-5,9,17H2,1-3H3. The van der Waals surface area contributed by atoms with Gasteiger partial charge in [0.2, 0.25) is 0 Å². The Labute approximate surface area is 117 Å². The quantitative estimate of drug-likeness (QED) is 0.867. The maximum Gasteiger partial charge on any atom is 0.128 e. The van der Waals surface area contributed by atoms with E-state index in [-0.39, 0.29) is 11.9 Å². The third kappa shape index (κ3) is 3.53. The molecule has 4 heteroatoms. The Morgan fingerprint density at radius 2 is 2.06 bits per heavy atom. The second-order valence-corrected chi connectivity index (χ2v) is 5.42. The van der Waals surface area contributed by atoms with Crippen LogP contribution in [0.2, 0.25) is 0 Å². The molecule has 18 heavy (non-hydrogen) atoms. The molecule has 0 heterocycles. The average Bonchev–Trinajstić information content (AvgIpc) is 2.38. The number of rotatable bonds is 6. The Morgan fingerprint density at radius 3 is 2.56 bits per heavy atom.